The molecule has 75 heavy (non-hydrogen) atoms. The number of pyridine rings is 1. The van der Waals surface area contributed by atoms with Crippen LogP contribution in [0.3, 0.4) is 0 Å². The molecular weight excluding hydrogens is 926 g/mol. The van der Waals surface area contributed by atoms with Crippen molar-refractivity contribution in [2.75, 3.05) is 9.80 Å². The molecule has 0 radical (unpaired) electrons. The third-order valence-electron chi connectivity index (χ3n) is 17.4. The second kappa shape index (κ2) is 15.5. The van der Waals surface area contributed by atoms with E-state index in [2.05, 4.69) is 257 Å². The van der Waals surface area contributed by atoms with Gasteiger partial charge in [-0.15, -0.1) is 11.3 Å². The Bertz CT molecular complexity index is 4050. The van der Waals surface area contributed by atoms with Crippen LogP contribution in [0.4, 0.5) is 34.1 Å². The van der Waals surface area contributed by atoms with Crippen LogP contribution in [0.1, 0.15) is 128 Å². The number of rotatable bonds is 2. The molecule has 4 aliphatic rings. The highest BCUT2D eigenvalue weighted by molar-refractivity contribution is 7.33. The molecule has 2 aliphatic heterocycles. The van der Waals surface area contributed by atoms with Crippen molar-refractivity contribution in [3.8, 4) is 22.3 Å². The van der Waals surface area contributed by atoms with E-state index in [0.29, 0.717) is 0 Å². The molecule has 14 rings (SSSR count). The molecule has 1 atom stereocenters. The summed E-state index contributed by atoms with van der Waals surface area (Å²) in [4.78, 5) is 10.2. The average Bonchev–Trinajstić information content (AvgIpc) is 4.12. The van der Waals surface area contributed by atoms with Crippen LogP contribution < -0.4 is 25.5 Å². The maximum Gasteiger partial charge on any atom is 0.264 e. The average molecular weight is 990 g/mol. The molecule has 0 fully saturated rings. The molecule has 0 bridgehead atoms. The zero-order chi connectivity index (χ0) is 51.9. The molecule has 4 heterocycles. The first-order valence-electron chi connectivity index (χ1n) is 27.0. The molecule has 2 aliphatic carbocycles. The molecule has 1 unspecified atom stereocenters. The van der Waals surface area contributed by atoms with Gasteiger partial charge in [-0.2, -0.15) is 0 Å². The minimum atomic E-state index is -0.563. The highest BCUT2D eigenvalue weighted by Gasteiger charge is 2.52. The van der Waals surface area contributed by atoms with Crippen LogP contribution in [0.25, 0.3) is 43.1 Å². The van der Waals surface area contributed by atoms with Crippen molar-refractivity contribution in [3.63, 3.8) is 0 Å². The minimum absolute atomic E-state index is 0.00745. The van der Waals surface area contributed by atoms with E-state index in [1.54, 1.807) is 0 Å². The molecule has 0 amide bonds. The fourth-order valence-corrected chi connectivity index (χ4v) is 14.8. The van der Waals surface area contributed by atoms with Crippen LogP contribution in [0, 0.1) is 0 Å². The van der Waals surface area contributed by atoms with E-state index in [-0.39, 0.29) is 28.4 Å². The molecular formula is C70H64BN3S. The van der Waals surface area contributed by atoms with Crippen molar-refractivity contribution in [1.82, 2.24) is 4.98 Å². The first-order chi connectivity index (χ1) is 35.7. The van der Waals surface area contributed by atoms with Crippen LogP contribution >= 0.6 is 11.3 Å². The van der Waals surface area contributed by atoms with Gasteiger partial charge in [0, 0.05) is 55.7 Å². The van der Waals surface area contributed by atoms with E-state index in [1.165, 1.54) is 137 Å². The van der Waals surface area contributed by atoms with Crippen LogP contribution in [-0.4, -0.2) is 11.7 Å². The third-order valence-corrected chi connectivity index (χ3v) is 18.6. The lowest BCUT2D eigenvalue weighted by molar-refractivity contribution is 0.589. The molecule has 3 nitrogen and oxygen atoms in total. The fraction of sp³-hybridized carbons (Fsp3) is 0.243. The van der Waals surface area contributed by atoms with Gasteiger partial charge >= 0.3 is 0 Å². The van der Waals surface area contributed by atoms with Crippen molar-refractivity contribution in [2.24, 2.45) is 0 Å². The fourth-order valence-electron chi connectivity index (χ4n) is 13.4. The maximum atomic E-state index is 4.95. The minimum Gasteiger partial charge on any atom is -0.311 e. The van der Waals surface area contributed by atoms with Crippen LogP contribution in [0.15, 0.2) is 170 Å². The van der Waals surface area contributed by atoms with Gasteiger partial charge in [0.15, 0.2) is 0 Å². The van der Waals surface area contributed by atoms with Gasteiger partial charge in [0.25, 0.3) is 6.71 Å². The number of hydrogen-bond acceptors (Lipinski definition) is 4. The molecule has 368 valence electrons. The first kappa shape index (κ1) is 46.3. The first-order valence-corrected chi connectivity index (χ1v) is 27.9. The second-order valence-corrected chi connectivity index (χ2v) is 27.1. The van der Waals surface area contributed by atoms with Crippen molar-refractivity contribution in [1.29, 1.82) is 0 Å². The van der Waals surface area contributed by atoms with Gasteiger partial charge in [0.2, 0.25) is 0 Å². The summed E-state index contributed by atoms with van der Waals surface area (Å²) < 4.78 is 2.69. The normalized spacial score (nSPS) is 16.2. The molecule has 0 saturated carbocycles. The van der Waals surface area contributed by atoms with Crippen molar-refractivity contribution < 1.29 is 0 Å². The summed E-state index contributed by atoms with van der Waals surface area (Å²) in [5.41, 5.74) is 25.1. The Morgan fingerprint density at radius 1 is 0.453 bits per heavy atom. The number of hydrogen-bond donors (Lipinski definition) is 0. The summed E-state index contributed by atoms with van der Waals surface area (Å²) in [6, 6.07) is 61.9. The molecule has 8 aromatic carbocycles. The van der Waals surface area contributed by atoms with Gasteiger partial charge in [-0.1, -0.05) is 180 Å². The molecule has 5 heteroatoms. The van der Waals surface area contributed by atoms with E-state index < -0.39 is 5.41 Å². The number of benzene rings is 8. The Balaban J connectivity index is 1.11. The summed E-state index contributed by atoms with van der Waals surface area (Å²) in [6.45, 7) is 28.0. The van der Waals surface area contributed by atoms with Gasteiger partial charge < -0.3 is 9.80 Å². The van der Waals surface area contributed by atoms with Crippen molar-refractivity contribution in [3.05, 3.63) is 215 Å². The van der Waals surface area contributed by atoms with E-state index in [4.69, 9.17) is 4.98 Å². The lowest BCUT2D eigenvalue weighted by atomic mass is 9.36. The molecule has 10 aromatic rings. The molecule has 2 aromatic heterocycles. The number of fused-ring (bicyclic) bond motifs is 15. The maximum absolute atomic E-state index is 4.95. The van der Waals surface area contributed by atoms with Gasteiger partial charge in [-0.3, -0.25) is 4.98 Å². The summed E-state index contributed by atoms with van der Waals surface area (Å²) in [5, 5.41) is 3.89. The number of thiophene rings is 1. The summed E-state index contributed by atoms with van der Waals surface area (Å²) >= 11 is 2.00. The van der Waals surface area contributed by atoms with Crippen LogP contribution in [0.2, 0.25) is 0 Å². The van der Waals surface area contributed by atoms with Gasteiger partial charge in [-0.05, 0) is 171 Å². The second-order valence-electron chi connectivity index (χ2n) is 26.0. The Kier molecular flexibility index (Phi) is 9.55. The standard InChI is InChI=1S/C70H64BN3S/c1-66(2,3)42-23-28-46(29-24-42)73-58-35-44(68(7,8)9)27-32-57(58)71-63-59(73)36-45(69(10,11)12)37-60(63)74(47-30-25-43(26-31-47)67(4,5)6)64-52-38-51-49-33-34-72-40-56(49)70(55(51)39-61(52)75-65(64)71)53-21-14-13-19-48(53)50-20-15-17-41-18-16-22-54(70)62(41)50/h13-40H,1-12H3. The lowest BCUT2D eigenvalue weighted by Crippen LogP contribution is -2.60. The van der Waals surface area contributed by atoms with E-state index in [9.17, 15) is 0 Å². The van der Waals surface area contributed by atoms with Gasteiger partial charge in [-0.25, -0.2) is 0 Å². The SMILES string of the molecule is CC(C)(C)c1ccc(N2c3cc(C(C)(C)C)ccc3B3c4sc5cc6c(cc5c4N(c4ccc(C(C)(C)C)cc4)c4cc(C(C)(C)C)cc2c43)-c2ccncc2C62c3ccccc3-c3cccc4cccc2c34)cc1. The number of anilines is 6. The Morgan fingerprint density at radius 3 is 1.68 bits per heavy atom. The van der Waals surface area contributed by atoms with Crippen LogP contribution in [0.5, 0.6) is 0 Å². The monoisotopic (exact) mass is 989 g/mol. The highest BCUT2D eigenvalue weighted by atomic mass is 32.1. The third kappa shape index (κ3) is 6.49. The Labute approximate surface area is 448 Å². The number of aromatic nitrogens is 1. The predicted molar refractivity (Wildman–Crippen MR) is 322 cm³/mol. The Morgan fingerprint density at radius 2 is 1.01 bits per heavy atom. The number of nitrogens with zero attached hydrogens (tertiary/aromatic N) is 3. The van der Waals surface area contributed by atoms with E-state index >= 15 is 0 Å². The smallest absolute Gasteiger partial charge is 0.264 e. The largest absolute Gasteiger partial charge is 0.311 e. The predicted octanol–water partition coefficient (Wildman–Crippen LogP) is 17.1. The summed E-state index contributed by atoms with van der Waals surface area (Å²) in [7, 11) is 0. The summed E-state index contributed by atoms with van der Waals surface area (Å²) in [5.74, 6) is 0. The van der Waals surface area contributed by atoms with Crippen molar-refractivity contribution in [2.45, 2.75) is 110 Å². The highest BCUT2D eigenvalue weighted by Crippen LogP contribution is 2.63. The Hall–Kier alpha value is -7.21. The topological polar surface area (TPSA) is 19.4 Å². The molecule has 0 saturated heterocycles. The van der Waals surface area contributed by atoms with Crippen LogP contribution in [-0.2, 0) is 27.1 Å². The van der Waals surface area contributed by atoms with Gasteiger partial charge in [0.05, 0.1) is 11.1 Å². The van der Waals surface area contributed by atoms with Gasteiger partial charge in [0.1, 0.15) is 0 Å². The lowest BCUT2D eigenvalue weighted by Gasteiger charge is -2.44. The zero-order valence-corrected chi connectivity index (χ0v) is 46.3. The molecule has 1 spiro atoms. The van der Waals surface area contributed by atoms with E-state index in [0.717, 1.165) is 0 Å². The summed E-state index contributed by atoms with van der Waals surface area (Å²) in [6.07, 6.45) is 4.17. The van der Waals surface area contributed by atoms with Crippen molar-refractivity contribution >= 4 is 88.7 Å². The quantitative estimate of drug-likeness (QED) is 0.161. The zero-order valence-electron chi connectivity index (χ0n) is 45.5. The molecule has 0 N–H and O–H groups in total. The van der Waals surface area contributed by atoms with E-state index in [1.807, 2.05) is 17.5 Å².